The van der Waals surface area contributed by atoms with Gasteiger partial charge in [-0.15, -0.1) is 0 Å². The molecule has 0 spiro atoms. The minimum atomic E-state index is 0.416. The second-order valence-electron chi connectivity index (χ2n) is 6.19. The van der Waals surface area contributed by atoms with E-state index in [-0.39, 0.29) is 0 Å². The van der Waals surface area contributed by atoms with Crippen molar-refractivity contribution in [2.45, 2.75) is 65.2 Å². The first-order valence-corrected chi connectivity index (χ1v) is 7.73. The lowest BCUT2D eigenvalue weighted by Crippen LogP contribution is -2.10. The van der Waals surface area contributed by atoms with Gasteiger partial charge in [-0.3, -0.25) is 4.79 Å². The topological polar surface area (TPSA) is 17.1 Å². The molecule has 1 nitrogen and oxygen atoms in total. The number of rotatable bonds is 5. The molecular weight excluding hydrogens is 232 g/mol. The van der Waals surface area contributed by atoms with Crippen LogP contribution in [0.2, 0.25) is 0 Å². The summed E-state index contributed by atoms with van der Waals surface area (Å²) in [6.07, 6.45) is 9.34. The van der Waals surface area contributed by atoms with Crippen molar-refractivity contribution in [3.05, 3.63) is 34.9 Å². The zero-order valence-electron chi connectivity index (χ0n) is 12.4. The Kier molecular flexibility index (Phi) is 5.18. The molecule has 1 aliphatic carbocycles. The monoisotopic (exact) mass is 258 g/mol. The second kappa shape index (κ2) is 6.88. The normalized spacial score (nSPS) is 16.5. The van der Waals surface area contributed by atoms with Gasteiger partial charge in [-0.2, -0.15) is 0 Å². The Morgan fingerprint density at radius 1 is 1.16 bits per heavy atom. The predicted molar refractivity (Wildman–Crippen MR) is 80.4 cm³/mol. The highest BCUT2D eigenvalue weighted by Gasteiger charge is 2.15. The summed E-state index contributed by atoms with van der Waals surface area (Å²) in [6.45, 7) is 4.19. The van der Waals surface area contributed by atoms with E-state index in [1.807, 2.05) is 0 Å². The van der Waals surface area contributed by atoms with Gasteiger partial charge in [0.05, 0.1) is 0 Å². The van der Waals surface area contributed by atoms with Gasteiger partial charge in [0.1, 0.15) is 5.78 Å². The van der Waals surface area contributed by atoms with E-state index in [1.165, 1.54) is 48.8 Å². The number of hydrogen-bond acceptors (Lipinski definition) is 1. The molecule has 1 saturated carbocycles. The predicted octanol–water partition coefficient (Wildman–Crippen LogP) is 4.78. The first kappa shape index (κ1) is 14.3. The molecule has 0 unspecified atom stereocenters. The maximum atomic E-state index is 12.1. The lowest BCUT2D eigenvalue weighted by Gasteiger charge is -2.21. The number of carbonyl (C=O) groups is 1. The second-order valence-corrected chi connectivity index (χ2v) is 6.19. The number of carbonyl (C=O) groups excluding carboxylic acids is 1. The summed E-state index contributed by atoms with van der Waals surface area (Å²) in [5, 5.41) is 0. The molecule has 0 saturated heterocycles. The summed E-state index contributed by atoms with van der Waals surface area (Å²) in [5.41, 5.74) is 3.71. The Morgan fingerprint density at radius 2 is 1.89 bits per heavy atom. The first-order valence-electron chi connectivity index (χ1n) is 7.73. The zero-order valence-corrected chi connectivity index (χ0v) is 12.4. The SMILES string of the molecule is Cc1ccc(C)c(CC(=O)CCC2CCCCC2)c1. The molecule has 0 amide bonds. The highest BCUT2D eigenvalue weighted by Crippen LogP contribution is 2.27. The number of hydrogen-bond donors (Lipinski definition) is 0. The van der Waals surface area contributed by atoms with Crippen LogP contribution in [0.25, 0.3) is 0 Å². The van der Waals surface area contributed by atoms with Gasteiger partial charge in [-0.1, -0.05) is 55.9 Å². The summed E-state index contributed by atoms with van der Waals surface area (Å²) < 4.78 is 0. The van der Waals surface area contributed by atoms with Crippen LogP contribution in [0.1, 0.15) is 61.6 Å². The third kappa shape index (κ3) is 4.49. The number of benzene rings is 1. The van der Waals surface area contributed by atoms with Gasteiger partial charge in [0.25, 0.3) is 0 Å². The van der Waals surface area contributed by atoms with Crippen LogP contribution >= 0.6 is 0 Å². The third-order valence-electron chi connectivity index (χ3n) is 4.45. The van der Waals surface area contributed by atoms with Gasteiger partial charge in [0, 0.05) is 12.8 Å². The molecule has 0 heterocycles. The van der Waals surface area contributed by atoms with Crippen LogP contribution in [0, 0.1) is 19.8 Å². The zero-order chi connectivity index (χ0) is 13.7. The van der Waals surface area contributed by atoms with E-state index in [0.29, 0.717) is 12.2 Å². The first-order chi connectivity index (χ1) is 9.15. The van der Waals surface area contributed by atoms with Crippen LogP contribution in [0.15, 0.2) is 18.2 Å². The highest BCUT2D eigenvalue weighted by molar-refractivity contribution is 5.81. The Labute approximate surface area is 117 Å². The molecule has 104 valence electrons. The summed E-state index contributed by atoms with van der Waals surface area (Å²) in [5.74, 6) is 1.23. The van der Waals surface area contributed by atoms with E-state index in [4.69, 9.17) is 0 Å². The Balaban J connectivity index is 1.81. The van der Waals surface area contributed by atoms with Crippen molar-refractivity contribution < 1.29 is 4.79 Å². The fourth-order valence-electron chi connectivity index (χ4n) is 3.13. The fraction of sp³-hybridized carbons (Fsp3) is 0.611. The van der Waals surface area contributed by atoms with Crippen molar-refractivity contribution in [2.75, 3.05) is 0 Å². The molecule has 1 heteroatoms. The maximum absolute atomic E-state index is 12.1. The van der Waals surface area contributed by atoms with Gasteiger partial charge < -0.3 is 0 Å². The molecule has 0 radical (unpaired) electrons. The molecule has 0 aromatic heterocycles. The molecule has 2 rings (SSSR count). The summed E-state index contributed by atoms with van der Waals surface area (Å²) >= 11 is 0. The molecule has 1 aromatic rings. The van der Waals surface area contributed by atoms with Crippen molar-refractivity contribution in [2.24, 2.45) is 5.92 Å². The van der Waals surface area contributed by atoms with E-state index >= 15 is 0 Å². The average molecular weight is 258 g/mol. The third-order valence-corrected chi connectivity index (χ3v) is 4.45. The molecule has 0 aliphatic heterocycles. The Bertz CT molecular complexity index is 427. The van der Waals surface area contributed by atoms with E-state index in [9.17, 15) is 4.79 Å². The van der Waals surface area contributed by atoms with Crippen LogP contribution in [0.3, 0.4) is 0 Å². The molecular formula is C18H26O. The lowest BCUT2D eigenvalue weighted by atomic mass is 9.85. The Hall–Kier alpha value is -1.11. The largest absolute Gasteiger partial charge is 0.299 e. The molecule has 1 aromatic carbocycles. The van der Waals surface area contributed by atoms with Crippen LogP contribution in [0.5, 0.6) is 0 Å². The van der Waals surface area contributed by atoms with Crippen LogP contribution in [-0.2, 0) is 11.2 Å². The molecule has 0 bridgehead atoms. The number of Topliss-reactive ketones (excluding diaryl/α,β-unsaturated/α-hetero) is 1. The van der Waals surface area contributed by atoms with Crippen molar-refractivity contribution in [3.8, 4) is 0 Å². The van der Waals surface area contributed by atoms with Gasteiger partial charge in [0.15, 0.2) is 0 Å². The van der Waals surface area contributed by atoms with Crippen LogP contribution in [-0.4, -0.2) is 5.78 Å². The average Bonchev–Trinajstić information content (AvgIpc) is 2.42. The minimum absolute atomic E-state index is 0.416. The van der Waals surface area contributed by atoms with E-state index in [2.05, 4.69) is 32.0 Å². The van der Waals surface area contributed by atoms with Crippen molar-refractivity contribution in [1.29, 1.82) is 0 Å². The maximum Gasteiger partial charge on any atom is 0.137 e. The van der Waals surface area contributed by atoms with Gasteiger partial charge in [-0.05, 0) is 37.3 Å². The quantitative estimate of drug-likeness (QED) is 0.743. The van der Waals surface area contributed by atoms with Gasteiger partial charge in [-0.25, -0.2) is 0 Å². The lowest BCUT2D eigenvalue weighted by molar-refractivity contribution is -0.118. The minimum Gasteiger partial charge on any atom is -0.299 e. The smallest absolute Gasteiger partial charge is 0.137 e. The van der Waals surface area contributed by atoms with Crippen molar-refractivity contribution >= 4 is 5.78 Å². The molecule has 1 fully saturated rings. The van der Waals surface area contributed by atoms with Crippen LogP contribution < -0.4 is 0 Å². The van der Waals surface area contributed by atoms with Gasteiger partial charge >= 0.3 is 0 Å². The van der Waals surface area contributed by atoms with Gasteiger partial charge in [0.2, 0.25) is 0 Å². The molecule has 19 heavy (non-hydrogen) atoms. The molecule has 0 N–H and O–H groups in total. The Morgan fingerprint density at radius 3 is 2.63 bits per heavy atom. The van der Waals surface area contributed by atoms with Crippen molar-refractivity contribution in [1.82, 2.24) is 0 Å². The van der Waals surface area contributed by atoms with Crippen molar-refractivity contribution in [3.63, 3.8) is 0 Å². The summed E-state index contributed by atoms with van der Waals surface area (Å²) in [7, 11) is 0. The van der Waals surface area contributed by atoms with Crippen LogP contribution in [0.4, 0.5) is 0 Å². The van der Waals surface area contributed by atoms with E-state index in [1.54, 1.807) is 0 Å². The number of aryl methyl sites for hydroxylation is 2. The number of ketones is 1. The van der Waals surface area contributed by atoms with E-state index < -0.39 is 0 Å². The molecule has 1 aliphatic rings. The standard InChI is InChI=1S/C18H26O/c1-14-8-9-15(2)17(12-14)13-18(19)11-10-16-6-4-3-5-7-16/h8-9,12,16H,3-7,10-11,13H2,1-2H3. The summed E-state index contributed by atoms with van der Waals surface area (Å²) in [6, 6.07) is 6.40. The fourth-order valence-corrected chi connectivity index (χ4v) is 3.13. The summed E-state index contributed by atoms with van der Waals surface area (Å²) in [4.78, 5) is 12.1. The highest BCUT2D eigenvalue weighted by atomic mass is 16.1. The molecule has 0 atom stereocenters. The van der Waals surface area contributed by atoms with E-state index in [0.717, 1.165) is 18.8 Å².